The van der Waals surface area contributed by atoms with Crippen LogP contribution in [0.4, 0.5) is 0 Å². The Bertz CT molecular complexity index is 1070. The van der Waals surface area contributed by atoms with Gasteiger partial charge in [0.2, 0.25) is 11.8 Å². The van der Waals surface area contributed by atoms with Gasteiger partial charge < -0.3 is 21.5 Å². The Morgan fingerprint density at radius 3 is 2.44 bits per heavy atom. The van der Waals surface area contributed by atoms with E-state index in [-0.39, 0.29) is 5.71 Å². The predicted octanol–water partition coefficient (Wildman–Crippen LogP) is 2.41. The zero-order valence-electron chi connectivity index (χ0n) is 18.0. The number of nitrogens with two attached hydrogens (primary N) is 2. The Balaban J connectivity index is 1.67. The van der Waals surface area contributed by atoms with Crippen LogP contribution in [0.15, 0.2) is 60.0 Å². The molecule has 166 valence electrons. The number of allylic oxidation sites excluding steroid dienone is 1. The summed E-state index contributed by atoms with van der Waals surface area (Å²) in [5.41, 5.74) is 13.2. The molecule has 2 aromatic rings. The van der Waals surface area contributed by atoms with Gasteiger partial charge in [0.05, 0.1) is 23.8 Å². The van der Waals surface area contributed by atoms with Gasteiger partial charge in [0.15, 0.2) is 0 Å². The van der Waals surface area contributed by atoms with Crippen molar-refractivity contribution in [3.05, 3.63) is 66.3 Å². The molecular weight excluding hydrogens is 408 g/mol. The zero-order valence-corrected chi connectivity index (χ0v) is 18.0. The Morgan fingerprint density at radius 2 is 1.91 bits per heavy atom. The van der Waals surface area contributed by atoms with Crippen molar-refractivity contribution < 1.29 is 14.3 Å². The summed E-state index contributed by atoms with van der Waals surface area (Å²) >= 11 is 0. The van der Waals surface area contributed by atoms with E-state index < -0.39 is 17.9 Å². The van der Waals surface area contributed by atoms with Crippen LogP contribution < -0.4 is 21.5 Å². The molecule has 9 heteroatoms. The van der Waals surface area contributed by atoms with Crippen molar-refractivity contribution in [1.29, 1.82) is 0 Å². The molecule has 1 saturated carbocycles. The number of nitrogens with one attached hydrogen (secondary N) is 1. The van der Waals surface area contributed by atoms with Gasteiger partial charge >= 0.3 is 0 Å². The maximum atomic E-state index is 11.8. The standard InChI is InChI=1S/C23H26N6O3/c1-13(28-15(3)22(24)30)10-19(23(25)31)29-14(2)16-6-8-18(9-7-16)32-21-12-26-20(11-27-21)17-4-5-17/h6-12,15,17,28H,2,4-5H2,1,3H3,(H2,24,30)(H2,25,31)/b13-10+,29-19?/t15-/m0/s1. The summed E-state index contributed by atoms with van der Waals surface area (Å²) in [5.74, 6) is 0.274. The predicted molar refractivity (Wildman–Crippen MR) is 122 cm³/mol. The van der Waals surface area contributed by atoms with E-state index in [1.807, 2.05) is 0 Å². The topological polar surface area (TPSA) is 146 Å². The summed E-state index contributed by atoms with van der Waals surface area (Å²) < 4.78 is 5.73. The summed E-state index contributed by atoms with van der Waals surface area (Å²) in [4.78, 5) is 35.9. The van der Waals surface area contributed by atoms with Gasteiger partial charge in [-0.05, 0) is 62.6 Å². The lowest BCUT2D eigenvalue weighted by Gasteiger charge is -2.12. The second kappa shape index (κ2) is 9.86. The number of hydrogen-bond donors (Lipinski definition) is 3. The number of benzene rings is 1. The van der Waals surface area contributed by atoms with Gasteiger partial charge in [0, 0.05) is 11.6 Å². The van der Waals surface area contributed by atoms with Crippen molar-refractivity contribution >= 4 is 23.2 Å². The molecule has 9 nitrogen and oxygen atoms in total. The maximum Gasteiger partial charge on any atom is 0.267 e. The van der Waals surface area contributed by atoms with Crippen LogP contribution in [0.2, 0.25) is 0 Å². The van der Waals surface area contributed by atoms with E-state index in [4.69, 9.17) is 16.2 Å². The molecule has 0 unspecified atom stereocenters. The normalized spacial score (nSPS) is 15.1. The first-order chi connectivity index (χ1) is 15.2. The molecule has 32 heavy (non-hydrogen) atoms. The number of amides is 2. The first-order valence-corrected chi connectivity index (χ1v) is 10.1. The Labute approximate surface area is 186 Å². The van der Waals surface area contributed by atoms with Crippen LogP contribution in [0.3, 0.4) is 0 Å². The van der Waals surface area contributed by atoms with Crippen molar-refractivity contribution in [2.45, 2.75) is 38.6 Å². The molecule has 0 radical (unpaired) electrons. The number of hydrogen-bond acceptors (Lipinski definition) is 7. The Hall–Kier alpha value is -4.01. The lowest BCUT2D eigenvalue weighted by Crippen LogP contribution is -2.38. The molecule has 0 bridgehead atoms. The molecule has 1 heterocycles. The van der Waals surface area contributed by atoms with Gasteiger partial charge in [-0.3, -0.25) is 14.6 Å². The minimum atomic E-state index is -0.729. The molecule has 1 aromatic heterocycles. The number of carbonyl (C=O) groups is 2. The molecule has 1 aliphatic rings. The third kappa shape index (κ3) is 6.24. The van der Waals surface area contributed by atoms with Gasteiger partial charge in [-0.15, -0.1) is 0 Å². The smallest absolute Gasteiger partial charge is 0.267 e. The quantitative estimate of drug-likeness (QED) is 0.490. The number of aromatic nitrogens is 2. The highest BCUT2D eigenvalue weighted by Crippen LogP contribution is 2.38. The van der Waals surface area contributed by atoms with E-state index >= 15 is 0 Å². The minimum Gasteiger partial charge on any atom is -0.438 e. The third-order valence-corrected chi connectivity index (χ3v) is 4.79. The number of aliphatic imine (C=N–C) groups is 1. The SMILES string of the molecule is C=C(N=C(/C=C(\C)N[C@@H](C)C(N)=O)C(N)=O)c1ccc(Oc2cnc(C3CC3)cn2)cc1. The van der Waals surface area contributed by atoms with Crippen molar-refractivity contribution in [3.63, 3.8) is 0 Å². The van der Waals surface area contributed by atoms with Crippen LogP contribution in [0.25, 0.3) is 5.70 Å². The van der Waals surface area contributed by atoms with Crippen LogP contribution in [-0.2, 0) is 9.59 Å². The highest BCUT2D eigenvalue weighted by Gasteiger charge is 2.25. The molecule has 0 aliphatic heterocycles. The number of ether oxygens (including phenoxy) is 1. The second-order valence-corrected chi connectivity index (χ2v) is 7.58. The van der Waals surface area contributed by atoms with E-state index in [1.54, 1.807) is 50.5 Å². The largest absolute Gasteiger partial charge is 0.438 e. The summed E-state index contributed by atoms with van der Waals surface area (Å²) in [6.45, 7) is 7.19. The Kier molecular flexibility index (Phi) is 6.99. The van der Waals surface area contributed by atoms with Gasteiger partial charge in [0.25, 0.3) is 5.91 Å². The molecule has 1 atom stereocenters. The molecule has 1 fully saturated rings. The highest BCUT2D eigenvalue weighted by atomic mass is 16.5. The fraction of sp³-hybridized carbons (Fsp3) is 0.261. The fourth-order valence-electron chi connectivity index (χ4n) is 2.83. The zero-order chi connectivity index (χ0) is 23.3. The summed E-state index contributed by atoms with van der Waals surface area (Å²) in [6.07, 6.45) is 7.13. The van der Waals surface area contributed by atoms with Crippen molar-refractivity contribution in [3.8, 4) is 11.6 Å². The van der Waals surface area contributed by atoms with E-state index in [2.05, 4.69) is 26.9 Å². The van der Waals surface area contributed by atoms with E-state index in [9.17, 15) is 9.59 Å². The summed E-state index contributed by atoms with van der Waals surface area (Å²) in [7, 11) is 0. The van der Waals surface area contributed by atoms with Crippen LogP contribution in [0, 0.1) is 0 Å². The van der Waals surface area contributed by atoms with E-state index in [0.717, 1.165) is 5.69 Å². The number of carbonyl (C=O) groups excluding carboxylic acids is 2. The van der Waals surface area contributed by atoms with Crippen LogP contribution in [-0.4, -0.2) is 33.5 Å². The molecule has 3 rings (SSSR count). The van der Waals surface area contributed by atoms with Gasteiger partial charge in [-0.1, -0.05) is 6.58 Å². The number of primary amides is 2. The van der Waals surface area contributed by atoms with Crippen molar-refractivity contribution in [2.24, 2.45) is 16.5 Å². The summed E-state index contributed by atoms with van der Waals surface area (Å²) in [5, 5.41) is 2.86. The van der Waals surface area contributed by atoms with Gasteiger partial charge in [-0.2, -0.15) is 0 Å². The molecular formula is C23H26N6O3. The Morgan fingerprint density at radius 1 is 1.22 bits per heavy atom. The first-order valence-electron chi connectivity index (χ1n) is 10.1. The lowest BCUT2D eigenvalue weighted by molar-refractivity contribution is -0.119. The average Bonchev–Trinajstić information content (AvgIpc) is 3.59. The average molecular weight is 435 g/mol. The second-order valence-electron chi connectivity index (χ2n) is 7.58. The van der Waals surface area contributed by atoms with Crippen molar-refractivity contribution in [1.82, 2.24) is 15.3 Å². The fourth-order valence-corrected chi connectivity index (χ4v) is 2.83. The lowest BCUT2D eigenvalue weighted by atomic mass is 10.1. The molecule has 0 spiro atoms. The minimum absolute atomic E-state index is 0.0111. The van der Waals surface area contributed by atoms with Crippen LogP contribution in [0.5, 0.6) is 11.6 Å². The van der Waals surface area contributed by atoms with Gasteiger partial charge in [0.1, 0.15) is 17.5 Å². The molecule has 1 aromatic carbocycles. The molecule has 5 N–H and O–H groups in total. The highest BCUT2D eigenvalue weighted by molar-refractivity contribution is 6.43. The van der Waals surface area contributed by atoms with Crippen LogP contribution in [0.1, 0.15) is 43.9 Å². The first kappa shape index (κ1) is 22.7. The molecule has 2 amide bonds. The van der Waals surface area contributed by atoms with Crippen LogP contribution >= 0.6 is 0 Å². The number of rotatable bonds is 10. The van der Waals surface area contributed by atoms with Gasteiger partial charge in [-0.25, -0.2) is 9.98 Å². The number of nitrogens with zero attached hydrogens (tertiary/aromatic N) is 3. The van der Waals surface area contributed by atoms with E-state index in [1.165, 1.54) is 18.9 Å². The maximum absolute atomic E-state index is 11.8. The molecule has 0 saturated heterocycles. The molecule has 1 aliphatic carbocycles. The summed E-state index contributed by atoms with van der Waals surface area (Å²) in [6, 6.07) is 6.40. The monoisotopic (exact) mass is 434 g/mol. The van der Waals surface area contributed by atoms with Crippen molar-refractivity contribution in [2.75, 3.05) is 0 Å². The third-order valence-electron chi connectivity index (χ3n) is 4.79. The van der Waals surface area contributed by atoms with E-state index in [0.29, 0.717) is 34.5 Å².